The molecule has 0 aliphatic carbocycles. The van der Waals surface area contributed by atoms with Gasteiger partial charge in [0.05, 0.1) is 0 Å². The molecule has 16 heavy (non-hydrogen) atoms. The fourth-order valence-electron chi connectivity index (χ4n) is 1.48. The SMILES string of the molecule is CCNCC(C)C(=O)c1ccc(C)c(F)c1. The van der Waals surface area contributed by atoms with Crippen LogP contribution in [0, 0.1) is 18.7 Å². The van der Waals surface area contributed by atoms with E-state index in [1.54, 1.807) is 19.1 Å². The van der Waals surface area contributed by atoms with E-state index in [4.69, 9.17) is 0 Å². The molecule has 1 aromatic rings. The second-order valence-electron chi connectivity index (χ2n) is 4.04. The zero-order valence-corrected chi connectivity index (χ0v) is 10.0. The summed E-state index contributed by atoms with van der Waals surface area (Å²) in [5.74, 6) is -0.455. The molecule has 1 atom stereocenters. The highest BCUT2D eigenvalue weighted by Crippen LogP contribution is 2.13. The topological polar surface area (TPSA) is 29.1 Å². The van der Waals surface area contributed by atoms with Crippen LogP contribution in [0.15, 0.2) is 18.2 Å². The van der Waals surface area contributed by atoms with Gasteiger partial charge >= 0.3 is 0 Å². The molecule has 0 spiro atoms. The van der Waals surface area contributed by atoms with E-state index in [-0.39, 0.29) is 17.5 Å². The Morgan fingerprint density at radius 1 is 1.50 bits per heavy atom. The smallest absolute Gasteiger partial charge is 0.167 e. The molecule has 0 fully saturated rings. The number of aryl methyl sites for hydroxylation is 1. The Hall–Kier alpha value is -1.22. The first-order valence-corrected chi connectivity index (χ1v) is 5.57. The molecule has 1 rings (SSSR count). The zero-order chi connectivity index (χ0) is 12.1. The Labute approximate surface area is 95.9 Å². The van der Waals surface area contributed by atoms with Crippen molar-refractivity contribution < 1.29 is 9.18 Å². The number of nitrogens with one attached hydrogen (secondary N) is 1. The summed E-state index contributed by atoms with van der Waals surface area (Å²) in [6.45, 7) is 6.99. The highest BCUT2D eigenvalue weighted by molar-refractivity contribution is 5.97. The molecule has 3 heteroatoms. The van der Waals surface area contributed by atoms with Crippen molar-refractivity contribution in [2.75, 3.05) is 13.1 Å². The highest BCUT2D eigenvalue weighted by Gasteiger charge is 2.15. The van der Waals surface area contributed by atoms with Gasteiger partial charge in [-0.3, -0.25) is 4.79 Å². The summed E-state index contributed by atoms with van der Waals surface area (Å²) >= 11 is 0. The molecule has 0 heterocycles. The number of halogens is 1. The average molecular weight is 223 g/mol. The Bertz CT molecular complexity index is 376. The molecule has 1 aromatic carbocycles. The zero-order valence-electron chi connectivity index (χ0n) is 10.0. The molecule has 0 saturated heterocycles. The van der Waals surface area contributed by atoms with Crippen LogP contribution in [0.4, 0.5) is 4.39 Å². The van der Waals surface area contributed by atoms with Crippen LogP contribution in [0.1, 0.15) is 29.8 Å². The van der Waals surface area contributed by atoms with Crippen LogP contribution < -0.4 is 5.32 Å². The molecule has 0 radical (unpaired) electrons. The lowest BCUT2D eigenvalue weighted by atomic mass is 9.98. The quantitative estimate of drug-likeness (QED) is 0.777. The van der Waals surface area contributed by atoms with Gasteiger partial charge in [0.1, 0.15) is 5.82 Å². The third-order valence-corrected chi connectivity index (χ3v) is 2.60. The van der Waals surface area contributed by atoms with E-state index in [1.165, 1.54) is 6.07 Å². The Morgan fingerprint density at radius 3 is 2.75 bits per heavy atom. The number of hydrogen-bond donors (Lipinski definition) is 1. The Morgan fingerprint density at radius 2 is 2.19 bits per heavy atom. The van der Waals surface area contributed by atoms with Gasteiger partial charge in [-0.25, -0.2) is 4.39 Å². The van der Waals surface area contributed by atoms with Crippen LogP contribution >= 0.6 is 0 Å². The summed E-state index contributed by atoms with van der Waals surface area (Å²) in [6.07, 6.45) is 0. The molecule has 0 saturated carbocycles. The van der Waals surface area contributed by atoms with Crippen LogP contribution in [-0.2, 0) is 0 Å². The fraction of sp³-hybridized carbons (Fsp3) is 0.462. The predicted octanol–water partition coefficient (Wildman–Crippen LogP) is 2.56. The standard InChI is InChI=1S/C13H18FNO/c1-4-15-8-10(3)13(16)11-6-5-9(2)12(14)7-11/h5-7,10,15H,4,8H2,1-3H3. The van der Waals surface area contributed by atoms with Gasteiger partial charge in [-0.05, 0) is 25.1 Å². The minimum Gasteiger partial charge on any atom is -0.316 e. The number of carbonyl (C=O) groups excluding carboxylic acids is 1. The fourth-order valence-corrected chi connectivity index (χ4v) is 1.48. The van der Waals surface area contributed by atoms with Crippen LogP contribution in [0.5, 0.6) is 0 Å². The molecular weight excluding hydrogens is 205 g/mol. The van der Waals surface area contributed by atoms with Crippen molar-refractivity contribution in [1.82, 2.24) is 5.32 Å². The van der Waals surface area contributed by atoms with E-state index < -0.39 is 0 Å². The van der Waals surface area contributed by atoms with Crippen molar-refractivity contribution >= 4 is 5.78 Å². The Kier molecular flexibility index (Phi) is 4.62. The summed E-state index contributed by atoms with van der Waals surface area (Å²) in [7, 11) is 0. The van der Waals surface area contributed by atoms with Gasteiger partial charge < -0.3 is 5.32 Å². The number of hydrogen-bond acceptors (Lipinski definition) is 2. The average Bonchev–Trinajstić information content (AvgIpc) is 2.28. The first-order valence-electron chi connectivity index (χ1n) is 5.57. The van der Waals surface area contributed by atoms with E-state index >= 15 is 0 Å². The number of ketones is 1. The van der Waals surface area contributed by atoms with Crippen LogP contribution in [0.3, 0.4) is 0 Å². The lowest BCUT2D eigenvalue weighted by Crippen LogP contribution is -2.26. The molecule has 0 aliphatic heterocycles. The largest absolute Gasteiger partial charge is 0.316 e. The number of carbonyl (C=O) groups is 1. The summed E-state index contributed by atoms with van der Waals surface area (Å²) < 4.78 is 13.3. The second kappa shape index (κ2) is 5.75. The first-order chi connectivity index (χ1) is 7.56. The summed E-state index contributed by atoms with van der Waals surface area (Å²) in [6, 6.07) is 4.64. The first kappa shape index (κ1) is 12.8. The van der Waals surface area contributed by atoms with E-state index in [2.05, 4.69) is 5.32 Å². The van der Waals surface area contributed by atoms with E-state index in [0.717, 1.165) is 6.54 Å². The van der Waals surface area contributed by atoms with Crippen LogP contribution in [-0.4, -0.2) is 18.9 Å². The van der Waals surface area contributed by atoms with Crippen molar-refractivity contribution in [3.8, 4) is 0 Å². The van der Waals surface area contributed by atoms with Crippen LogP contribution in [0.25, 0.3) is 0 Å². The third kappa shape index (κ3) is 3.14. The summed E-state index contributed by atoms with van der Waals surface area (Å²) in [5, 5.41) is 3.11. The molecule has 0 aliphatic rings. The highest BCUT2D eigenvalue weighted by atomic mass is 19.1. The molecule has 1 N–H and O–H groups in total. The van der Waals surface area contributed by atoms with Crippen molar-refractivity contribution in [1.29, 1.82) is 0 Å². The van der Waals surface area contributed by atoms with E-state index in [1.807, 2.05) is 13.8 Å². The molecular formula is C13H18FNO. The maximum Gasteiger partial charge on any atom is 0.167 e. The van der Waals surface area contributed by atoms with Gasteiger partial charge in [0.15, 0.2) is 5.78 Å². The van der Waals surface area contributed by atoms with Crippen molar-refractivity contribution in [2.45, 2.75) is 20.8 Å². The predicted molar refractivity (Wildman–Crippen MR) is 63.2 cm³/mol. The van der Waals surface area contributed by atoms with Gasteiger partial charge in [0.25, 0.3) is 0 Å². The van der Waals surface area contributed by atoms with Gasteiger partial charge in [-0.1, -0.05) is 26.0 Å². The van der Waals surface area contributed by atoms with Crippen molar-refractivity contribution in [3.05, 3.63) is 35.1 Å². The Balaban J connectivity index is 2.76. The molecule has 0 amide bonds. The van der Waals surface area contributed by atoms with E-state index in [0.29, 0.717) is 17.7 Å². The van der Waals surface area contributed by atoms with Gasteiger partial charge in [-0.2, -0.15) is 0 Å². The van der Waals surface area contributed by atoms with Gasteiger partial charge in [-0.15, -0.1) is 0 Å². The molecule has 88 valence electrons. The number of benzene rings is 1. The van der Waals surface area contributed by atoms with Crippen molar-refractivity contribution in [2.24, 2.45) is 5.92 Å². The summed E-state index contributed by atoms with van der Waals surface area (Å²) in [4.78, 5) is 11.9. The van der Waals surface area contributed by atoms with Crippen LogP contribution in [0.2, 0.25) is 0 Å². The third-order valence-electron chi connectivity index (χ3n) is 2.60. The monoisotopic (exact) mass is 223 g/mol. The number of rotatable bonds is 5. The van der Waals surface area contributed by atoms with Gasteiger partial charge in [0.2, 0.25) is 0 Å². The van der Waals surface area contributed by atoms with Gasteiger partial charge in [0, 0.05) is 18.0 Å². The lowest BCUT2D eigenvalue weighted by molar-refractivity contribution is 0.0929. The minimum atomic E-state index is -0.318. The number of Topliss-reactive ketones (excluding diaryl/α,β-unsaturated/α-hetero) is 1. The van der Waals surface area contributed by atoms with Crippen molar-refractivity contribution in [3.63, 3.8) is 0 Å². The molecule has 1 unspecified atom stereocenters. The minimum absolute atomic E-state index is 0.0140. The second-order valence-corrected chi connectivity index (χ2v) is 4.04. The maximum absolute atomic E-state index is 13.3. The van der Waals surface area contributed by atoms with E-state index in [9.17, 15) is 9.18 Å². The molecule has 0 bridgehead atoms. The summed E-state index contributed by atoms with van der Waals surface area (Å²) in [5.41, 5.74) is 1.02. The molecule has 2 nitrogen and oxygen atoms in total. The lowest BCUT2D eigenvalue weighted by Gasteiger charge is -2.11. The normalized spacial score (nSPS) is 12.5. The maximum atomic E-state index is 13.3. The molecule has 0 aromatic heterocycles.